The van der Waals surface area contributed by atoms with E-state index in [9.17, 15) is 17.6 Å². The number of methoxy groups -OCH3 is 1. The summed E-state index contributed by atoms with van der Waals surface area (Å²) in [5.41, 5.74) is 1.50. The molecule has 1 aromatic carbocycles. The summed E-state index contributed by atoms with van der Waals surface area (Å²) in [6, 6.07) is 3.21. The van der Waals surface area contributed by atoms with Crippen LogP contribution in [0.2, 0.25) is 5.02 Å². The Labute approximate surface area is 211 Å². The Morgan fingerprint density at radius 3 is 2.57 bits per heavy atom. The molecule has 1 aliphatic carbocycles. The van der Waals surface area contributed by atoms with Crippen molar-refractivity contribution < 1.29 is 22.3 Å². The van der Waals surface area contributed by atoms with Crippen LogP contribution in [0.5, 0.6) is 0 Å². The predicted molar refractivity (Wildman–Crippen MR) is 131 cm³/mol. The summed E-state index contributed by atoms with van der Waals surface area (Å²) in [6.07, 6.45) is 4.34. The molecule has 186 valence electrons. The van der Waals surface area contributed by atoms with E-state index in [0.717, 1.165) is 0 Å². The van der Waals surface area contributed by atoms with Crippen LogP contribution in [-0.2, 0) is 19.6 Å². The van der Waals surface area contributed by atoms with Gasteiger partial charge in [-0.3, -0.25) is 4.99 Å². The Kier molecular flexibility index (Phi) is 6.45. The highest BCUT2D eigenvalue weighted by atomic mass is 35.5. The highest BCUT2D eigenvalue weighted by molar-refractivity contribution is 7.88. The zero-order chi connectivity index (χ0) is 24.9. The van der Waals surface area contributed by atoms with Gasteiger partial charge >= 0.3 is 5.97 Å². The van der Waals surface area contributed by atoms with Crippen LogP contribution in [0.15, 0.2) is 46.0 Å². The number of carbonyl (C=O) groups is 1. The minimum absolute atomic E-state index is 0.0343. The molecule has 0 radical (unpaired) electrons. The molecular formula is C23H24ClFN4O4S2. The monoisotopic (exact) mass is 538 g/mol. The average molecular weight is 539 g/mol. The predicted octanol–water partition coefficient (Wildman–Crippen LogP) is 3.37. The number of benzene rings is 1. The number of rotatable bonds is 5. The van der Waals surface area contributed by atoms with Crippen molar-refractivity contribution >= 4 is 44.8 Å². The fourth-order valence-corrected chi connectivity index (χ4v) is 7.17. The molecule has 3 aliphatic rings. The van der Waals surface area contributed by atoms with Gasteiger partial charge in [0.05, 0.1) is 18.9 Å². The topological polar surface area (TPSA) is 101 Å². The zero-order valence-electron chi connectivity index (χ0n) is 19.1. The summed E-state index contributed by atoms with van der Waals surface area (Å²) in [5, 5.41) is 5.99. The number of halogens is 2. The number of nitrogens with one attached hydrogen (secondary N) is 1. The van der Waals surface area contributed by atoms with Crippen molar-refractivity contribution in [3.05, 3.63) is 62.5 Å². The maximum Gasteiger partial charge on any atom is 0.338 e. The minimum Gasteiger partial charge on any atom is -0.466 e. The van der Waals surface area contributed by atoms with Crippen LogP contribution in [0, 0.1) is 23.6 Å². The van der Waals surface area contributed by atoms with Gasteiger partial charge in [-0.05, 0) is 36.8 Å². The van der Waals surface area contributed by atoms with Crippen LogP contribution in [0.25, 0.3) is 0 Å². The van der Waals surface area contributed by atoms with Crippen LogP contribution in [0.4, 0.5) is 4.39 Å². The third kappa shape index (κ3) is 4.62. The van der Waals surface area contributed by atoms with Crippen LogP contribution >= 0.6 is 22.9 Å². The second-order valence-electron chi connectivity index (χ2n) is 9.10. The number of sulfonamides is 1. The van der Waals surface area contributed by atoms with Gasteiger partial charge in [-0.2, -0.15) is 0 Å². The smallest absolute Gasteiger partial charge is 0.338 e. The molecule has 1 saturated carbocycles. The number of carbonyl (C=O) groups excluding carboxylic acids is 1. The summed E-state index contributed by atoms with van der Waals surface area (Å²) >= 11 is 7.82. The van der Waals surface area contributed by atoms with E-state index in [4.69, 9.17) is 21.3 Å². The molecule has 0 bridgehead atoms. The van der Waals surface area contributed by atoms with Crippen LogP contribution in [-0.4, -0.2) is 56.0 Å². The van der Waals surface area contributed by atoms with E-state index in [0.29, 0.717) is 53.6 Å². The van der Waals surface area contributed by atoms with Crippen molar-refractivity contribution in [2.24, 2.45) is 22.7 Å². The Hall–Kier alpha value is -2.34. The molecular weight excluding hydrogens is 515 g/mol. The second kappa shape index (κ2) is 9.27. The average Bonchev–Trinajstić information content (AvgIpc) is 3.54. The quantitative estimate of drug-likeness (QED) is 0.586. The van der Waals surface area contributed by atoms with Crippen LogP contribution in [0.3, 0.4) is 0 Å². The van der Waals surface area contributed by atoms with E-state index in [2.05, 4.69) is 10.3 Å². The van der Waals surface area contributed by atoms with E-state index < -0.39 is 27.9 Å². The summed E-state index contributed by atoms with van der Waals surface area (Å²) < 4.78 is 44.6. The first-order valence-corrected chi connectivity index (χ1v) is 14.2. The van der Waals surface area contributed by atoms with E-state index in [-0.39, 0.29) is 22.8 Å². The van der Waals surface area contributed by atoms with Crippen LogP contribution in [0.1, 0.15) is 29.5 Å². The summed E-state index contributed by atoms with van der Waals surface area (Å²) in [4.78, 5) is 22.3. The van der Waals surface area contributed by atoms with Crippen LogP contribution < -0.4 is 5.32 Å². The van der Waals surface area contributed by atoms with Gasteiger partial charge in [0.1, 0.15) is 11.9 Å². The largest absolute Gasteiger partial charge is 0.466 e. The van der Waals surface area contributed by atoms with Crippen molar-refractivity contribution in [2.45, 2.75) is 18.9 Å². The van der Waals surface area contributed by atoms with E-state index in [1.165, 1.54) is 47.2 Å². The Bertz CT molecular complexity index is 1310. The SMILES string of the molecule is COC(=O)C1=C(C2C[C@@H]3CN(S(C)(=O)=O)C[C@@H]3C2)NC(c2nccs2)=NC1c1ccc(F)cc1Cl. The lowest BCUT2D eigenvalue weighted by molar-refractivity contribution is -0.136. The number of ether oxygens (including phenoxy) is 1. The molecule has 2 unspecified atom stereocenters. The van der Waals surface area contributed by atoms with Crippen molar-refractivity contribution in [3.8, 4) is 0 Å². The first kappa shape index (κ1) is 24.4. The lowest BCUT2D eigenvalue weighted by Gasteiger charge is -2.30. The van der Waals surface area contributed by atoms with E-state index in [1.54, 1.807) is 6.20 Å². The molecule has 5 rings (SSSR count). The van der Waals surface area contributed by atoms with Gasteiger partial charge in [-0.25, -0.2) is 26.9 Å². The number of hydrogen-bond acceptors (Lipinski definition) is 8. The van der Waals surface area contributed by atoms with Gasteiger partial charge in [0.25, 0.3) is 0 Å². The first-order chi connectivity index (χ1) is 16.7. The second-order valence-corrected chi connectivity index (χ2v) is 12.4. The molecule has 1 saturated heterocycles. The summed E-state index contributed by atoms with van der Waals surface area (Å²) in [5.74, 6) is -0.180. The number of fused-ring (bicyclic) bond motifs is 1. The van der Waals surface area contributed by atoms with Crippen molar-refractivity contribution in [3.63, 3.8) is 0 Å². The van der Waals surface area contributed by atoms with Gasteiger partial charge in [0, 0.05) is 46.9 Å². The Morgan fingerprint density at radius 2 is 2.00 bits per heavy atom. The molecule has 2 fully saturated rings. The zero-order valence-corrected chi connectivity index (χ0v) is 21.5. The standard InChI is InChI=1S/C23H24ClFN4O4S2/c1-33-23(30)18-19(12-7-13-10-29(35(2,31)32)11-14(13)8-12)27-21(22-26-5-6-34-22)28-20(18)16-4-3-15(25)9-17(16)24/h3-6,9,12-14,20H,7-8,10-11H2,1-2H3,(H,27,28)/t12?,13-,14+,20?. The molecule has 2 aromatic rings. The van der Waals surface area contributed by atoms with Gasteiger partial charge in [0.15, 0.2) is 10.8 Å². The maximum absolute atomic E-state index is 13.8. The summed E-state index contributed by atoms with van der Waals surface area (Å²) in [6.45, 7) is 0.947. The fraction of sp³-hybridized carbons (Fsp3) is 0.435. The number of aromatic nitrogens is 1. The fourth-order valence-electron chi connectivity index (χ4n) is 5.38. The minimum atomic E-state index is -3.25. The lowest BCUT2D eigenvalue weighted by Crippen LogP contribution is -2.37. The third-order valence-electron chi connectivity index (χ3n) is 6.97. The molecule has 2 aliphatic heterocycles. The molecule has 1 aromatic heterocycles. The van der Waals surface area contributed by atoms with Gasteiger partial charge in [0.2, 0.25) is 10.0 Å². The molecule has 35 heavy (non-hydrogen) atoms. The highest BCUT2D eigenvalue weighted by Crippen LogP contribution is 2.47. The molecule has 12 heteroatoms. The van der Waals surface area contributed by atoms with Gasteiger partial charge < -0.3 is 10.1 Å². The first-order valence-electron chi connectivity index (χ1n) is 11.1. The normalized spacial score (nSPS) is 26.9. The lowest BCUT2D eigenvalue weighted by atomic mass is 9.89. The van der Waals surface area contributed by atoms with E-state index in [1.807, 2.05) is 5.38 Å². The number of aliphatic imine (C=N–C) groups is 1. The third-order valence-corrected chi connectivity index (χ3v) is 9.31. The highest BCUT2D eigenvalue weighted by Gasteiger charge is 2.47. The molecule has 1 N–H and O–H groups in total. The molecule has 3 heterocycles. The number of esters is 1. The molecule has 0 amide bonds. The summed E-state index contributed by atoms with van der Waals surface area (Å²) in [7, 11) is -1.94. The van der Waals surface area contributed by atoms with Gasteiger partial charge in [-0.1, -0.05) is 17.7 Å². The Morgan fingerprint density at radius 1 is 1.29 bits per heavy atom. The number of hydrogen-bond donors (Lipinski definition) is 1. The van der Waals surface area contributed by atoms with Crippen molar-refractivity contribution in [1.29, 1.82) is 0 Å². The maximum atomic E-state index is 13.8. The number of thiazole rings is 1. The number of allylic oxidation sites excluding steroid dienone is 1. The number of nitrogens with zero attached hydrogens (tertiary/aromatic N) is 3. The van der Waals surface area contributed by atoms with Crippen molar-refractivity contribution in [2.75, 3.05) is 26.5 Å². The van der Waals surface area contributed by atoms with Gasteiger partial charge in [-0.15, -0.1) is 11.3 Å². The molecule has 4 atom stereocenters. The van der Waals surface area contributed by atoms with E-state index >= 15 is 0 Å². The molecule has 0 spiro atoms. The molecule has 8 nitrogen and oxygen atoms in total. The number of amidine groups is 1. The van der Waals surface area contributed by atoms with Crippen molar-refractivity contribution in [1.82, 2.24) is 14.6 Å². The Balaban J connectivity index is 1.57.